The van der Waals surface area contributed by atoms with Crippen molar-refractivity contribution >= 4 is 27.2 Å². The molecule has 0 aliphatic rings. The second kappa shape index (κ2) is 6.64. The van der Waals surface area contributed by atoms with Crippen molar-refractivity contribution < 1.29 is 0 Å². The summed E-state index contributed by atoms with van der Waals surface area (Å²) in [6.07, 6.45) is 3.39. The topological polar surface area (TPSA) is 64.9 Å². The van der Waals surface area contributed by atoms with Crippen molar-refractivity contribution in [3.63, 3.8) is 0 Å². The molecule has 2 heterocycles. The van der Waals surface area contributed by atoms with E-state index in [1.165, 1.54) is 0 Å². The van der Waals surface area contributed by atoms with Gasteiger partial charge in [0.1, 0.15) is 5.82 Å². The molecular weight excluding hydrogens is 314 g/mol. The van der Waals surface area contributed by atoms with E-state index in [1.54, 1.807) is 17.5 Å². The number of nitrogen functional groups attached to an aromatic ring is 1. The Morgan fingerprint density at radius 1 is 1.17 bits per heavy atom. The highest BCUT2D eigenvalue weighted by atomic mass is 32.1. The standard InChI is InChI=1S/C20H21N3S/c1-3-20(22,4-2)11-10-15-12-23-19(21)17-16(13-24-18(15)17)14-8-6-5-7-9-14/h5-9,12-13H,3-4,22H2,1-2H3,(H2,21,23). The van der Waals surface area contributed by atoms with Crippen molar-refractivity contribution in [3.05, 3.63) is 47.5 Å². The van der Waals surface area contributed by atoms with Crippen LogP contribution < -0.4 is 11.5 Å². The lowest BCUT2D eigenvalue weighted by atomic mass is 9.95. The van der Waals surface area contributed by atoms with Crippen LogP contribution in [0.4, 0.5) is 5.82 Å². The number of nitrogens with zero attached hydrogens (tertiary/aromatic N) is 1. The van der Waals surface area contributed by atoms with Crippen LogP contribution in [-0.4, -0.2) is 10.5 Å². The quantitative estimate of drug-likeness (QED) is 0.697. The van der Waals surface area contributed by atoms with Gasteiger partial charge in [0.25, 0.3) is 0 Å². The third-order valence-electron chi connectivity index (χ3n) is 4.42. The van der Waals surface area contributed by atoms with Crippen LogP contribution in [0.5, 0.6) is 0 Å². The SMILES string of the molecule is CCC(N)(C#Cc1cnc(N)c2c(-c3ccccc3)csc12)CC. The molecule has 1 aromatic carbocycles. The number of aromatic nitrogens is 1. The summed E-state index contributed by atoms with van der Waals surface area (Å²) >= 11 is 1.65. The molecule has 0 fully saturated rings. The van der Waals surface area contributed by atoms with Crippen molar-refractivity contribution in [2.45, 2.75) is 32.2 Å². The van der Waals surface area contributed by atoms with Gasteiger partial charge in [0, 0.05) is 17.1 Å². The van der Waals surface area contributed by atoms with Crippen LogP contribution in [0.2, 0.25) is 0 Å². The van der Waals surface area contributed by atoms with E-state index in [4.69, 9.17) is 11.5 Å². The number of hydrogen-bond donors (Lipinski definition) is 2. The van der Waals surface area contributed by atoms with E-state index in [2.05, 4.69) is 48.2 Å². The van der Waals surface area contributed by atoms with Gasteiger partial charge in [0.05, 0.1) is 15.8 Å². The van der Waals surface area contributed by atoms with Crippen molar-refractivity contribution in [1.82, 2.24) is 4.98 Å². The van der Waals surface area contributed by atoms with Gasteiger partial charge in [-0.1, -0.05) is 56.0 Å². The predicted molar refractivity (Wildman–Crippen MR) is 104 cm³/mol. The van der Waals surface area contributed by atoms with Crippen LogP contribution >= 0.6 is 11.3 Å². The first kappa shape index (κ1) is 16.5. The van der Waals surface area contributed by atoms with E-state index >= 15 is 0 Å². The lowest BCUT2D eigenvalue weighted by molar-refractivity contribution is 0.512. The zero-order valence-corrected chi connectivity index (χ0v) is 14.8. The summed E-state index contributed by atoms with van der Waals surface area (Å²) in [4.78, 5) is 4.36. The molecule has 0 saturated carbocycles. The van der Waals surface area contributed by atoms with Gasteiger partial charge in [-0.25, -0.2) is 4.98 Å². The number of fused-ring (bicyclic) bond motifs is 1. The van der Waals surface area contributed by atoms with Crippen molar-refractivity contribution in [2.24, 2.45) is 5.73 Å². The van der Waals surface area contributed by atoms with Crippen molar-refractivity contribution in [1.29, 1.82) is 0 Å². The number of hydrogen-bond acceptors (Lipinski definition) is 4. The Morgan fingerprint density at radius 2 is 1.88 bits per heavy atom. The van der Waals surface area contributed by atoms with Gasteiger partial charge in [-0.2, -0.15) is 0 Å². The van der Waals surface area contributed by atoms with Crippen LogP contribution in [0.25, 0.3) is 21.2 Å². The maximum absolute atomic E-state index is 6.30. The Morgan fingerprint density at radius 3 is 2.54 bits per heavy atom. The number of nitrogens with two attached hydrogens (primary N) is 2. The smallest absolute Gasteiger partial charge is 0.132 e. The first-order valence-corrected chi connectivity index (χ1v) is 8.99. The molecule has 0 unspecified atom stereocenters. The first-order valence-electron chi connectivity index (χ1n) is 8.11. The Balaban J connectivity index is 2.15. The van der Waals surface area contributed by atoms with E-state index in [-0.39, 0.29) is 0 Å². The van der Waals surface area contributed by atoms with E-state index in [9.17, 15) is 0 Å². The summed E-state index contributed by atoms with van der Waals surface area (Å²) in [7, 11) is 0. The van der Waals surface area contributed by atoms with Crippen LogP contribution in [0.1, 0.15) is 32.3 Å². The van der Waals surface area contributed by atoms with E-state index in [0.29, 0.717) is 5.82 Å². The fourth-order valence-corrected chi connectivity index (χ4v) is 3.66. The largest absolute Gasteiger partial charge is 0.383 e. The number of benzene rings is 1. The Bertz CT molecular complexity index is 912. The molecule has 0 atom stereocenters. The first-order chi connectivity index (χ1) is 11.6. The fourth-order valence-electron chi connectivity index (χ4n) is 2.61. The highest BCUT2D eigenvalue weighted by Gasteiger charge is 2.17. The predicted octanol–water partition coefficient (Wildman–Crippen LogP) is 4.41. The second-order valence-electron chi connectivity index (χ2n) is 5.89. The maximum Gasteiger partial charge on any atom is 0.132 e. The fraction of sp³-hybridized carbons (Fsp3) is 0.250. The van der Waals surface area contributed by atoms with Crippen LogP contribution in [0, 0.1) is 11.8 Å². The third-order valence-corrected chi connectivity index (χ3v) is 5.43. The maximum atomic E-state index is 6.30. The van der Waals surface area contributed by atoms with E-state index < -0.39 is 5.54 Å². The lowest BCUT2D eigenvalue weighted by Crippen LogP contribution is -2.36. The summed E-state index contributed by atoms with van der Waals surface area (Å²) in [5, 5.41) is 3.10. The number of pyridine rings is 1. The highest BCUT2D eigenvalue weighted by Crippen LogP contribution is 2.38. The summed E-state index contributed by atoms with van der Waals surface area (Å²) in [5.41, 5.74) is 15.1. The summed E-state index contributed by atoms with van der Waals surface area (Å²) in [5.74, 6) is 7.01. The van der Waals surface area contributed by atoms with Gasteiger partial charge in [0.2, 0.25) is 0 Å². The second-order valence-corrected chi connectivity index (χ2v) is 6.77. The minimum absolute atomic E-state index is 0.451. The molecule has 0 saturated heterocycles. The van der Waals surface area contributed by atoms with Gasteiger partial charge in [-0.3, -0.25) is 0 Å². The monoisotopic (exact) mass is 335 g/mol. The zero-order chi connectivity index (χ0) is 17.2. The summed E-state index contributed by atoms with van der Waals surface area (Å²) in [6, 6.07) is 10.2. The normalized spacial score (nSPS) is 11.3. The molecule has 2 aromatic heterocycles. The Kier molecular flexibility index (Phi) is 4.57. The van der Waals surface area contributed by atoms with Crippen molar-refractivity contribution in [3.8, 4) is 23.0 Å². The molecule has 0 radical (unpaired) electrons. The molecule has 0 bridgehead atoms. The molecule has 4 heteroatoms. The molecule has 3 rings (SSSR count). The minimum Gasteiger partial charge on any atom is -0.383 e. The van der Waals surface area contributed by atoms with E-state index in [0.717, 1.165) is 39.6 Å². The lowest BCUT2D eigenvalue weighted by Gasteiger charge is -2.18. The molecule has 4 N–H and O–H groups in total. The molecule has 122 valence electrons. The van der Waals surface area contributed by atoms with Gasteiger partial charge >= 0.3 is 0 Å². The van der Waals surface area contributed by atoms with Gasteiger partial charge < -0.3 is 11.5 Å². The number of thiophene rings is 1. The Labute approximate surface area is 146 Å². The highest BCUT2D eigenvalue weighted by molar-refractivity contribution is 7.18. The Hall–Kier alpha value is -2.35. The molecular formula is C20H21N3S. The van der Waals surface area contributed by atoms with Crippen LogP contribution in [0.15, 0.2) is 41.9 Å². The molecule has 0 aliphatic carbocycles. The number of anilines is 1. The molecule has 3 nitrogen and oxygen atoms in total. The average Bonchev–Trinajstić information content (AvgIpc) is 3.08. The van der Waals surface area contributed by atoms with Crippen LogP contribution in [-0.2, 0) is 0 Å². The van der Waals surface area contributed by atoms with Crippen LogP contribution in [0.3, 0.4) is 0 Å². The molecule has 0 aliphatic heterocycles. The summed E-state index contributed by atoms with van der Waals surface area (Å²) < 4.78 is 1.07. The third kappa shape index (κ3) is 3.01. The molecule has 0 amide bonds. The van der Waals surface area contributed by atoms with Gasteiger partial charge in [-0.15, -0.1) is 11.3 Å². The summed E-state index contributed by atoms with van der Waals surface area (Å²) in [6.45, 7) is 4.13. The molecule has 3 aromatic rings. The van der Waals surface area contributed by atoms with Gasteiger partial charge in [0.15, 0.2) is 0 Å². The van der Waals surface area contributed by atoms with Gasteiger partial charge in [-0.05, 0) is 23.8 Å². The van der Waals surface area contributed by atoms with Crippen molar-refractivity contribution in [2.75, 3.05) is 5.73 Å². The average molecular weight is 335 g/mol. The zero-order valence-electron chi connectivity index (χ0n) is 14.0. The molecule has 0 spiro atoms. The van der Waals surface area contributed by atoms with E-state index in [1.807, 2.05) is 18.2 Å². The number of rotatable bonds is 3. The minimum atomic E-state index is -0.451. The molecule has 24 heavy (non-hydrogen) atoms.